The van der Waals surface area contributed by atoms with E-state index in [-0.39, 0.29) is 17.8 Å². The van der Waals surface area contributed by atoms with E-state index in [1.165, 1.54) is 6.26 Å². The topological polar surface area (TPSA) is 89.9 Å². The number of halogens is 3. The average Bonchev–Trinajstić information content (AvgIpc) is 3.55. The molecule has 1 aromatic carbocycles. The molecule has 1 aliphatic heterocycles. The predicted molar refractivity (Wildman–Crippen MR) is 122 cm³/mol. The number of nitrogens with one attached hydrogen (secondary N) is 2. The number of aromatic nitrogens is 4. The second kappa shape index (κ2) is 8.64. The smallest absolute Gasteiger partial charge is 0.410 e. The molecule has 4 aromatic rings. The van der Waals surface area contributed by atoms with Gasteiger partial charge in [-0.25, -0.2) is 4.68 Å². The highest BCUT2D eigenvalue weighted by Crippen LogP contribution is 2.44. The van der Waals surface area contributed by atoms with Gasteiger partial charge in [-0.1, -0.05) is 30.3 Å². The number of furan rings is 1. The molecule has 2 N–H and O–H groups in total. The third-order valence-electron chi connectivity index (χ3n) is 6.16. The Morgan fingerprint density at radius 3 is 2.66 bits per heavy atom. The molecule has 35 heavy (non-hydrogen) atoms. The van der Waals surface area contributed by atoms with E-state index in [2.05, 4.69) is 20.8 Å². The lowest BCUT2D eigenvalue weighted by atomic mass is 10.0. The van der Waals surface area contributed by atoms with Crippen molar-refractivity contribution in [2.24, 2.45) is 0 Å². The lowest BCUT2D eigenvalue weighted by Gasteiger charge is -2.32. The third-order valence-corrected chi connectivity index (χ3v) is 6.16. The molecule has 0 saturated carbocycles. The van der Waals surface area contributed by atoms with Gasteiger partial charge in [-0.05, 0) is 31.5 Å². The van der Waals surface area contributed by atoms with Gasteiger partial charge in [-0.2, -0.15) is 23.4 Å². The number of fused-ring (bicyclic) bond motifs is 1. The molecule has 0 saturated heterocycles. The molecule has 11 heteroatoms. The van der Waals surface area contributed by atoms with Crippen LogP contribution in [0.4, 0.5) is 24.7 Å². The van der Waals surface area contributed by atoms with Crippen molar-refractivity contribution in [3.63, 3.8) is 0 Å². The maximum absolute atomic E-state index is 13.8. The van der Waals surface area contributed by atoms with Gasteiger partial charge in [0.15, 0.2) is 6.04 Å². The van der Waals surface area contributed by atoms with Crippen molar-refractivity contribution in [3.8, 4) is 0 Å². The summed E-state index contributed by atoms with van der Waals surface area (Å²) in [5.41, 5.74) is 2.90. The zero-order valence-corrected chi connectivity index (χ0v) is 19.0. The molecule has 1 aliphatic rings. The van der Waals surface area contributed by atoms with Gasteiger partial charge in [0, 0.05) is 6.42 Å². The summed E-state index contributed by atoms with van der Waals surface area (Å²) in [6.07, 6.45) is -2.30. The fourth-order valence-corrected chi connectivity index (χ4v) is 4.37. The van der Waals surface area contributed by atoms with Crippen LogP contribution in [0.15, 0.2) is 59.3 Å². The number of nitrogens with zero attached hydrogens (tertiary/aromatic N) is 4. The Morgan fingerprint density at radius 2 is 1.97 bits per heavy atom. The highest BCUT2D eigenvalue weighted by molar-refractivity contribution is 6.08. The minimum Gasteiger partial charge on any atom is -0.467 e. The summed E-state index contributed by atoms with van der Waals surface area (Å²) in [7, 11) is 0. The summed E-state index contributed by atoms with van der Waals surface area (Å²) >= 11 is 0. The Bertz CT molecular complexity index is 1340. The number of amides is 1. The fraction of sp³-hybridized carbons (Fsp3) is 0.292. The van der Waals surface area contributed by atoms with E-state index in [0.717, 1.165) is 22.1 Å². The summed E-state index contributed by atoms with van der Waals surface area (Å²) < 4.78 is 49.5. The van der Waals surface area contributed by atoms with E-state index < -0.39 is 24.2 Å². The highest BCUT2D eigenvalue weighted by atomic mass is 19.4. The van der Waals surface area contributed by atoms with Gasteiger partial charge in [-0.15, -0.1) is 0 Å². The molecule has 0 radical (unpaired) electrons. The number of hydrogen-bond donors (Lipinski definition) is 2. The number of anilines is 2. The summed E-state index contributed by atoms with van der Waals surface area (Å²) in [5.74, 6) is -0.235. The van der Waals surface area contributed by atoms with Crippen molar-refractivity contribution in [1.82, 2.24) is 19.6 Å². The van der Waals surface area contributed by atoms with Gasteiger partial charge in [0.1, 0.15) is 17.1 Å². The number of benzene rings is 1. The normalized spacial score (nSPS) is 17.6. The van der Waals surface area contributed by atoms with Gasteiger partial charge < -0.3 is 15.1 Å². The molecule has 8 nitrogen and oxygen atoms in total. The van der Waals surface area contributed by atoms with E-state index in [0.29, 0.717) is 23.7 Å². The first kappa shape index (κ1) is 22.8. The number of rotatable bonds is 5. The molecule has 3 aromatic heterocycles. The molecule has 0 spiro atoms. The van der Waals surface area contributed by atoms with Crippen molar-refractivity contribution in [2.45, 2.75) is 45.1 Å². The van der Waals surface area contributed by atoms with Crippen LogP contribution in [-0.4, -0.2) is 31.6 Å². The second-order valence-electron chi connectivity index (χ2n) is 8.50. The summed E-state index contributed by atoms with van der Waals surface area (Å²) in [6.45, 7) is 4.12. The van der Waals surface area contributed by atoms with Crippen LogP contribution in [0.1, 0.15) is 51.6 Å². The average molecular weight is 484 g/mol. The van der Waals surface area contributed by atoms with Crippen molar-refractivity contribution in [1.29, 1.82) is 0 Å². The Hall–Kier alpha value is -4.02. The first-order valence-corrected chi connectivity index (χ1v) is 11.1. The molecule has 1 amide bonds. The van der Waals surface area contributed by atoms with Crippen LogP contribution in [0.25, 0.3) is 0 Å². The van der Waals surface area contributed by atoms with E-state index in [1.807, 2.05) is 37.3 Å². The number of alkyl halides is 3. The van der Waals surface area contributed by atoms with Crippen molar-refractivity contribution >= 4 is 17.4 Å². The molecule has 0 fully saturated rings. The summed E-state index contributed by atoms with van der Waals surface area (Å²) in [5, 5.41) is 14.3. The molecule has 4 heterocycles. The molecular weight excluding hydrogens is 461 g/mol. The van der Waals surface area contributed by atoms with Gasteiger partial charge in [0.05, 0.1) is 42.1 Å². The fourth-order valence-electron chi connectivity index (χ4n) is 4.37. The molecular formula is C24H23F3N6O2. The summed E-state index contributed by atoms with van der Waals surface area (Å²) in [4.78, 5) is 13.2. The maximum Gasteiger partial charge on any atom is 0.410 e. The predicted octanol–water partition coefficient (Wildman–Crippen LogP) is 5.25. The van der Waals surface area contributed by atoms with Gasteiger partial charge >= 0.3 is 6.18 Å². The zero-order chi connectivity index (χ0) is 24.7. The number of carbonyl (C=O) groups is 1. The van der Waals surface area contributed by atoms with E-state index in [1.54, 1.807) is 23.7 Å². The lowest BCUT2D eigenvalue weighted by molar-refractivity contribution is -0.174. The highest BCUT2D eigenvalue weighted by Gasteiger charge is 2.47. The van der Waals surface area contributed by atoms with Crippen LogP contribution < -0.4 is 10.6 Å². The van der Waals surface area contributed by atoms with Crippen molar-refractivity contribution in [3.05, 3.63) is 83.2 Å². The molecule has 0 unspecified atom stereocenters. The Morgan fingerprint density at radius 1 is 1.20 bits per heavy atom. The molecule has 0 bridgehead atoms. The minimum absolute atomic E-state index is 0.00474. The van der Waals surface area contributed by atoms with Crippen LogP contribution in [0.3, 0.4) is 0 Å². The molecule has 2 atom stereocenters. The van der Waals surface area contributed by atoms with Gasteiger partial charge in [0.25, 0.3) is 5.91 Å². The first-order chi connectivity index (χ1) is 16.7. The van der Waals surface area contributed by atoms with Crippen LogP contribution in [0, 0.1) is 13.8 Å². The van der Waals surface area contributed by atoms with Gasteiger partial charge in [-0.3, -0.25) is 9.48 Å². The largest absolute Gasteiger partial charge is 0.467 e. The van der Waals surface area contributed by atoms with E-state index in [4.69, 9.17) is 4.42 Å². The maximum atomic E-state index is 13.8. The zero-order valence-electron chi connectivity index (χ0n) is 19.0. The SMILES string of the molecule is Cc1nn(Cc2ccccc2)c(C)c1NC(=O)c1cnn2c1N[C@@H](c1ccco1)C[C@@H]2C(F)(F)F. The monoisotopic (exact) mass is 484 g/mol. The van der Waals surface area contributed by atoms with Crippen LogP contribution in [-0.2, 0) is 6.54 Å². The van der Waals surface area contributed by atoms with Crippen LogP contribution >= 0.6 is 0 Å². The van der Waals surface area contributed by atoms with Gasteiger partial charge in [0.2, 0.25) is 0 Å². The van der Waals surface area contributed by atoms with Crippen molar-refractivity contribution < 1.29 is 22.4 Å². The molecule has 0 aliphatic carbocycles. The number of aryl methyl sites for hydroxylation is 1. The summed E-state index contributed by atoms with van der Waals surface area (Å²) in [6, 6.07) is 10.3. The van der Waals surface area contributed by atoms with E-state index >= 15 is 0 Å². The Labute approximate surface area is 198 Å². The van der Waals surface area contributed by atoms with Crippen molar-refractivity contribution in [2.75, 3.05) is 10.6 Å². The van der Waals surface area contributed by atoms with Crippen LogP contribution in [0.2, 0.25) is 0 Å². The minimum atomic E-state index is -4.55. The second-order valence-corrected chi connectivity index (χ2v) is 8.50. The Kier molecular flexibility index (Phi) is 5.62. The third kappa shape index (κ3) is 4.29. The Balaban J connectivity index is 1.43. The van der Waals surface area contributed by atoms with E-state index in [9.17, 15) is 18.0 Å². The standard InChI is InChI=1S/C24H23F3N6O2/c1-14-21(15(2)32(31-14)13-16-7-4-3-5-8-16)30-23(34)17-12-28-33-20(24(25,26)27)11-18(29-22(17)33)19-9-6-10-35-19/h3-10,12,18,20,29H,11,13H2,1-2H3,(H,30,34)/t18-,20-/m1/s1. The molecule has 5 rings (SSSR count). The quantitative estimate of drug-likeness (QED) is 0.404. The number of carbonyl (C=O) groups excluding carboxylic acids is 1. The van der Waals surface area contributed by atoms with Crippen LogP contribution in [0.5, 0.6) is 0 Å². The number of hydrogen-bond acceptors (Lipinski definition) is 5. The molecule has 182 valence electrons. The first-order valence-electron chi connectivity index (χ1n) is 11.1. The lowest BCUT2D eigenvalue weighted by Crippen LogP contribution is -2.36.